The second-order valence-electron chi connectivity index (χ2n) is 5.72. The van der Waals surface area contributed by atoms with Gasteiger partial charge in [0.1, 0.15) is 12.4 Å². The second-order valence-corrected chi connectivity index (χ2v) is 7.37. The van der Waals surface area contributed by atoms with Gasteiger partial charge in [0.2, 0.25) is 0 Å². The van der Waals surface area contributed by atoms with Gasteiger partial charge in [-0.25, -0.2) is 4.39 Å². The van der Waals surface area contributed by atoms with Crippen molar-refractivity contribution < 1.29 is 26.6 Å². The second kappa shape index (κ2) is 7.04. The van der Waals surface area contributed by atoms with Gasteiger partial charge in [-0.15, -0.1) is 0 Å². The Morgan fingerprint density at radius 2 is 2.12 bits per heavy atom. The largest absolute Gasteiger partial charge is 0.389 e. The minimum Gasteiger partial charge on any atom is -0.389 e. The van der Waals surface area contributed by atoms with Crippen LogP contribution in [0.3, 0.4) is 0 Å². The van der Waals surface area contributed by atoms with E-state index in [1.165, 1.54) is 6.07 Å². The normalized spacial score (nSPS) is 21.5. The van der Waals surface area contributed by atoms with Crippen LogP contribution in [0.25, 0.3) is 0 Å². The van der Waals surface area contributed by atoms with E-state index in [1.807, 2.05) is 4.90 Å². The van der Waals surface area contributed by atoms with Crippen LogP contribution in [-0.2, 0) is 23.9 Å². The molecule has 0 radical (unpaired) electrons. The zero-order chi connectivity index (χ0) is 17.2. The number of oxime groups is 1. The predicted octanol–water partition coefficient (Wildman–Crippen LogP) is 1.13. The third-order valence-electron chi connectivity index (χ3n) is 3.83. The lowest BCUT2D eigenvalue weighted by Gasteiger charge is -2.29. The molecule has 0 aromatic heterocycles. The highest BCUT2D eigenvalue weighted by molar-refractivity contribution is 7.85. The van der Waals surface area contributed by atoms with Gasteiger partial charge in [-0.05, 0) is 12.1 Å². The molecule has 2 aliphatic rings. The summed E-state index contributed by atoms with van der Waals surface area (Å²) in [6.07, 6.45) is 0.853. The summed E-state index contributed by atoms with van der Waals surface area (Å²) in [6, 6.07) is 4.93. The summed E-state index contributed by atoms with van der Waals surface area (Å²) < 4.78 is 46.4. The van der Waals surface area contributed by atoms with E-state index in [9.17, 15) is 12.8 Å². The van der Waals surface area contributed by atoms with E-state index in [2.05, 4.69) is 5.16 Å². The number of anilines is 1. The van der Waals surface area contributed by atoms with Crippen LogP contribution in [0.2, 0.25) is 0 Å². The van der Waals surface area contributed by atoms with Crippen LogP contribution in [0.5, 0.6) is 0 Å². The average molecular weight is 358 g/mol. The molecule has 24 heavy (non-hydrogen) atoms. The number of nitrogens with zero attached hydrogens (tertiary/aromatic N) is 2. The molecule has 1 fully saturated rings. The van der Waals surface area contributed by atoms with Crippen molar-refractivity contribution in [1.82, 2.24) is 0 Å². The third-order valence-corrected chi connectivity index (χ3v) is 4.40. The SMILES string of the molecule is CS(=O)(=O)OC[C@H]1CC(c2ccc(N3CCOCC3)c(F)c2)=NO1. The van der Waals surface area contributed by atoms with Crippen LogP contribution in [-0.4, -0.2) is 59.4 Å². The van der Waals surface area contributed by atoms with Crippen LogP contribution in [0.4, 0.5) is 10.1 Å². The van der Waals surface area contributed by atoms with Gasteiger partial charge in [-0.3, -0.25) is 4.18 Å². The Balaban J connectivity index is 1.64. The van der Waals surface area contributed by atoms with Gasteiger partial charge in [0.05, 0.1) is 30.9 Å². The fourth-order valence-corrected chi connectivity index (χ4v) is 3.03. The van der Waals surface area contributed by atoms with Gasteiger partial charge in [-0.1, -0.05) is 11.2 Å². The topological polar surface area (TPSA) is 77.4 Å². The Bertz CT molecular complexity index is 731. The summed E-state index contributed by atoms with van der Waals surface area (Å²) in [4.78, 5) is 7.09. The first kappa shape index (κ1) is 17.1. The highest BCUT2D eigenvalue weighted by atomic mass is 32.2. The molecule has 132 valence electrons. The molecule has 7 nitrogen and oxygen atoms in total. The fourth-order valence-electron chi connectivity index (χ4n) is 2.63. The molecule has 0 unspecified atom stereocenters. The van der Waals surface area contributed by atoms with Crippen LogP contribution in [0, 0.1) is 5.82 Å². The van der Waals surface area contributed by atoms with E-state index < -0.39 is 16.2 Å². The van der Waals surface area contributed by atoms with Crippen molar-refractivity contribution in [2.75, 3.05) is 44.1 Å². The number of ether oxygens (including phenoxy) is 1. The highest BCUT2D eigenvalue weighted by Gasteiger charge is 2.25. The maximum atomic E-state index is 14.4. The lowest BCUT2D eigenvalue weighted by Crippen LogP contribution is -2.36. The number of hydrogen-bond acceptors (Lipinski definition) is 7. The molecule has 1 saturated heterocycles. The Hall–Kier alpha value is -1.71. The van der Waals surface area contributed by atoms with Gasteiger partial charge in [0, 0.05) is 25.1 Å². The molecule has 1 atom stereocenters. The van der Waals surface area contributed by atoms with E-state index >= 15 is 0 Å². The molecule has 2 aliphatic heterocycles. The van der Waals surface area contributed by atoms with Crippen molar-refractivity contribution in [3.63, 3.8) is 0 Å². The van der Waals surface area contributed by atoms with E-state index in [-0.39, 0.29) is 12.4 Å². The number of morpholine rings is 1. The van der Waals surface area contributed by atoms with E-state index in [4.69, 9.17) is 13.8 Å². The zero-order valence-corrected chi connectivity index (χ0v) is 14.1. The van der Waals surface area contributed by atoms with Crippen LogP contribution >= 0.6 is 0 Å². The highest BCUT2D eigenvalue weighted by Crippen LogP contribution is 2.24. The maximum Gasteiger partial charge on any atom is 0.264 e. The zero-order valence-electron chi connectivity index (χ0n) is 13.3. The summed E-state index contributed by atoms with van der Waals surface area (Å²) >= 11 is 0. The summed E-state index contributed by atoms with van der Waals surface area (Å²) in [6.45, 7) is 2.38. The summed E-state index contributed by atoms with van der Waals surface area (Å²) in [7, 11) is -3.53. The van der Waals surface area contributed by atoms with Gasteiger partial charge >= 0.3 is 0 Å². The molecule has 2 heterocycles. The van der Waals surface area contributed by atoms with Gasteiger partial charge in [0.25, 0.3) is 10.1 Å². The number of halogens is 1. The van der Waals surface area contributed by atoms with Gasteiger partial charge in [0.15, 0.2) is 6.10 Å². The summed E-state index contributed by atoms with van der Waals surface area (Å²) in [5, 5.41) is 3.91. The minimum atomic E-state index is -3.53. The molecule has 3 rings (SSSR count). The molecule has 0 bridgehead atoms. The number of rotatable bonds is 5. The molecular formula is C15H19FN2O5S. The lowest BCUT2D eigenvalue weighted by molar-refractivity contribution is 0.0493. The van der Waals surface area contributed by atoms with E-state index in [0.29, 0.717) is 49.7 Å². The van der Waals surface area contributed by atoms with Crippen molar-refractivity contribution in [3.8, 4) is 0 Å². The van der Waals surface area contributed by atoms with Crippen molar-refractivity contribution in [3.05, 3.63) is 29.6 Å². The summed E-state index contributed by atoms with van der Waals surface area (Å²) in [5.74, 6) is -0.326. The third kappa shape index (κ3) is 4.22. The molecule has 0 aliphatic carbocycles. The fraction of sp³-hybridized carbons (Fsp3) is 0.533. The van der Waals surface area contributed by atoms with Crippen LogP contribution in [0.15, 0.2) is 23.4 Å². The molecule has 9 heteroatoms. The first-order chi connectivity index (χ1) is 11.4. The summed E-state index contributed by atoms with van der Waals surface area (Å²) in [5.41, 5.74) is 1.73. The molecule has 1 aromatic rings. The van der Waals surface area contributed by atoms with Gasteiger partial charge in [-0.2, -0.15) is 8.42 Å². The average Bonchev–Trinajstić information content (AvgIpc) is 3.02. The van der Waals surface area contributed by atoms with Crippen molar-refractivity contribution in [2.24, 2.45) is 5.16 Å². The monoisotopic (exact) mass is 358 g/mol. The Morgan fingerprint density at radius 3 is 2.79 bits per heavy atom. The molecule has 0 N–H and O–H groups in total. The lowest BCUT2D eigenvalue weighted by atomic mass is 10.0. The molecule has 1 aromatic carbocycles. The Labute approximate surface area is 140 Å². The first-order valence-corrected chi connectivity index (χ1v) is 9.44. The first-order valence-electron chi connectivity index (χ1n) is 7.62. The van der Waals surface area contributed by atoms with Crippen molar-refractivity contribution >= 4 is 21.5 Å². The van der Waals surface area contributed by atoms with E-state index in [1.54, 1.807) is 12.1 Å². The molecule has 0 spiro atoms. The quantitative estimate of drug-likeness (QED) is 0.735. The standard InChI is InChI=1S/C15H19FN2O5S/c1-24(19,20)22-10-12-9-14(17-23-12)11-2-3-15(13(16)8-11)18-4-6-21-7-5-18/h2-3,8,12H,4-7,9-10H2,1H3/t12-/m1/s1. The van der Waals surface area contributed by atoms with Crippen LogP contribution in [0.1, 0.15) is 12.0 Å². The smallest absolute Gasteiger partial charge is 0.264 e. The molecule has 0 amide bonds. The van der Waals surface area contributed by atoms with Crippen molar-refractivity contribution in [1.29, 1.82) is 0 Å². The Morgan fingerprint density at radius 1 is 1.38 bits per heavy atom. The van der Waals surface area contributed by atoms with Crippen molar-refractivity contribution in [2.45, 2.75) is 12.5 Å². The number of benzene rings is 1. The molecular weight excluding hydrogens is 339 g/mol. The Kier molecular flexibility index (Phi) is 5.02. The van der Waals surface area contributed by atoms with E-state index in [0.717, 1.165) is 6.26 Å². The number of hydrogen-bond donors (Lipinski definition) is 0. The predicted molar refractivity (Wildman–Crippen MR) is 86.3 cm³/mol. The minimum absolute atomic E-state index is 0.111. The molecule has 0 saturated carbocycles. The van der Waals surface area contributed by atoms with Gasteiger partial charge < -0.3 is 14.5 Å². The van der Waals surface area contributed by atoms with Crippen LogP contribution < -0.4 is 4.90 Å². The maximum absolute atomic E-state index is 14.4.